The smallest absolute Gasteiger partial charge is 0.270 e. The molecule has 126 valence electrons. The molecule has 0 unspecified atom stereocenters. The first-order chi connectivity index (χ1) is 11.9. The van der Waals surface area contributed by atoms with Crippen molar-refractivity contribution in [3.05, 3.63) is 68.6 Å². The number of phenolic OH excluding ortho intramolecular Hbond substituents is 1. The van der Waals surface area contributed by atoms with Crippen molar-refractivity contribution in [2.45, 2.75) is 6.92 Å². The van der Waals surface area contributed by atoms with Crippen molar-refractivity contribution >= 4 is 51.7 Å². The summed E-state index contributed by atoms with van der Waals surface area (Å²) in [6, 6.07) is 10.8. The van der Waals surface area contributed by atoms with Crippen LogP contribution >= 0.6 is 24.0 Å². The van der Waals surface area contributed by atoms with E-state index in [9.17, 15) is 20.0 Å². The van der Waals surface area contributed by atoms with Crippen LogP contribution in [0.5, 0.6) is 5.75 Å². The molecule has 3 rings (SSSR count). The van der Waals surface area contributed by atoms with Gasteiger partial charge in [0.15, 0.2) is 4.32 Å². The molecule has 1 aliphatic rings. The average molecular weight is 372 g/mol. The molecule has 2 aromatic carbocycles. The Morgan fingerprint density at radius 3 is 2.68 bits per heavy atom. The average Bonchev–Trinajstić information content (AvgIpc) is 2.81. The van der Waals surface area contributed by atoms with E-state index in [1.54, 1.807) is 37.3 Å². The first-order valence-electron chi connectivity index (χ1n) is 7.19. The van der Waals surface area contributed by atoms with E-state index in [1.807, 2.05) is 0 Å². The van der Waals surface area contributed by atoms with E-state index < -0.39 is 4.92 Å². The van der Waals surface area contributed by atoms with Gasteiger partial charge < -0.3 is 5.11 Å². The van der Waals surface area contributed by atoms with Crippen molar-refractivity contribution < 1.29 is 14.8 Å². The maximum absolute atomic E-state index is 12.7. The van der Waals surface area contributed by atoms with Crippen LogP contribution in [-0.2, 0) is 4.79 Å². The minimum Gasteiger partial charge on any atom is -0.508 e. The number of thiocarbonyl (C=S) groups is 1. The summed E-state index contributed by atoms with van der Waals surface area (Å²) in [5, 5.41) is 20.4. The highest BCUT2D eigenvalue weighted by Crippen LogP contribution is 2.38. The predicted octanol–water partition coefficient (Wildman–Crippen LogP) is 4.01. The number of aryl methyl sites for hydroxylation is 1. The Bertz CT molecular complexity index is 940. The number of rotatable bonds is 3. The third-order valence-corrected chi connectivity index (χ3v) is 4.90. The molecule has 2 aromatic rings. The number of aromatic hydroxyl groups is 1. The largest absolute Gasteiger partial charge is 0.508 e. The van der Waals surface area contributed by atoms with Crippen molar-refractivity contribution in [1.82, 2.24) is 0 Å². The highest BCUT2D eigenvalue weighted by molar-refractivity contribution is 8.27. The molecule has 25 heavy (non-hydrogen) atoms. The highest BCUT2D eigenvalue weighted by Gasteiger charge is 2.34. The maximum atomic E-state index is 12.7. The molecule has 1 N–H and O–H groups in total. The summed E-state index contributed by atoms with van der Waals surface area (Å²) in [4.78, 5) is 24.9. The van der Waals surface area contributed by atoms with Gasteiger partial charge in [0.1, 0.15) is 5.75 Å². The molecule has 1 aliphatic heterocycles. The minimum atomic E-state index is -0.483. The van der Waals surface area contributed by atoms with Gasteiger partial charge in [0.25, 0.3) is 11.6 Å². The van der Waals surface area contributed by atoms with Crippen molar-refractivity contribution in [2.75, 3.05) is 4.90 Å². The first-order valence-corrected chi connectivity index (χ1v) is 8.41. The molecule has 0 saturated carbocycles. The number of hydrogen-bond acceptors (Lipinski definition) is 6. The molecule has 0 aromatic heterocycles. The monoisotopic (exact) mass is 372 g/mol. The fourth-order valence-electron chi connectivity index (χ4n) is 2.45. The second-order valence-electron chi connectivity index (χ2n) is 5.34. The van der Waals surface area contributed by atoms with E-state index in [0.717, 1.165) is 11.8 Å². The Labute approximate surface area is 152 Å². The molecule has 1 heterocycles. The number of thioether (sulfide) groups is 1. The number of nitrogens with zero attached hydrogens (tertiary/aromatic N) is 2. The summed E-state index contributed by atoms with van der Waals surface area (Å²) in [7, 11) is 0. The fourth-order valence-corrected chi connectivity index (χ4v) is 3.73. The zero-order chi connectivity index (χ0) is 18.1. The molecule has 0 aliphatic carbocycles. The quantitative estimate of drug-likeness (QED) is 0.379. The van der Waals surface area contributed by atoms with Crippen LogP contribution in [0.15, 0.2) is 47.4 Å². The van der Waals surface area contributed by atoms with E-state index in [4.69, 9.17) is 12.2 Å². The molecule has 0 atom stereocenters. The second-order valence-corrected chi connectivity index (χ2v) is 7.02. The number of anilines is 1. The number of hydrogen-bond donors (Lipinski definition) is 1. The lowest BCUT2D eigenvalue weighted by Crippen LogP contribution is -2.28. The van der Waals surface area contributed by atoms with Gasteiger partial charge in [-0.25, -0.2) is 0 Å². The van der Waals surface area contributed by atoms with Crippen LogP contribution in [0.25, 0.3) is 6.08 Å². The van der Waals surface area contributed by atoms with Gasteiger partial charge in [0, 0.05) is 12.1 Å². The summed E-state index contributed by atoms with van der Waals surface area (Å²) >= 11 is 6.46. The Hall–Kier alpha value is -2.71. The number of non-ortho nitro benzene ring substituents is 1. The van der Waals surface area contributed by atoms with Crippen LogP contribution in [0, 0.1) is 17.0 Å². The first kappa shape index (κ1) is 17.1. The van der Waals surface area contributed by atoms with Gasteiger partial charge in [0.2, 0.25) is 0 Å². The Morgan fingerprint density at radius 2 is 2.04 bits per heavy atom. The van der Waals surface area contributed by atoms with E-state index in [1.165, 1.54) is 23.1 Å². The van der Waals surface area contributed by atoms with Crippen LogP contribution in [0.3, 0.4) is 0 Å². The number of benzene rings is 2. The number of nitro benzene ring substituents is 1. The van der Waals surface area contributed by atoms with Gasteiger partial charge in [-0.1, -0.05) is 36.1 Å². The van der Waals surface area contributed by atoms with Crippen molar-refractivity contribution in [2.24, 2.45) is 0 Å². The zero-order valence-electron chi connectivity index (χ0n) is 13.0. The summed E-state index contributed by atoms with van der Waals surface area (Å²) in [5.74, 6) is -0.189. The normalized spacial score (nSPS) is 15.9. The summed E-state index contributed by atoms with van der Waals surface area (Å²) in [6.07, 6.45) is 1.65. The minimum absolute atomic E-state index is 0.0398. The van der Waals surface area contributed by atoms with E-state index in [0.29, 0.717) is 26.0 Å². The SMILES string of the molecule is Cc1cc([N+](=O)[O-])ccc1N1C(=O)/C(=C/c2cccc(O)c2)SC1=S. The van der Waals surface area contributed by atoms with Gasteiger partial charge in [-0.15, -0.1) is 0 Å². The Balaban J connectivity index is 1.96. The maximum Gasteiger partial charge on any atom is 0.270 e. The number of carbonyl (C=O) groups excluding carboxylic acids is 1. The van der Waals surface area contributed by atoms with Crippen LogP contribution in [0.4, 0.5) is 11.4 Å². The molecule has 0 radical (unpaired) electrons. The Morgan fingerprint density at radius 1 is 1.28 bits per heavy atom. The van der Waals surface area contributed by atoms with Crippen LogP contribution in [-0.4, -0.2) is 20.3 Å². The van der Waals surface area contributed by atoms with Crippen molar-refractivity contribution in [1.29, 1.82) is 0 Å². The molecule has 0 spiro atoms. The van der Waals surface area contributed by atoms with Crippen LogP contribution in [0.2, 0.25) is 0 Å². The summed E-state index contributed by atoms with van der Waals surface area (Å²) < 4.78 is 0.355. The van der Waals surface area contributed by atoms with Gasteiger partial charge in [-0.3, -0.25) is 19.8 Å². The number of amides is 1. The standard InChI is InChI=1S/C17H12N2O4S2/c1-10-7-12(19(22)23)5-6-14(10)18-16(21)15(25-17(18)24)9-11-3-2-4-13(20)8-11/h2-9,20H,1H3/b15-9-. The number of phenols is 1. The molecule has 6 nitrogen and oxygen atoms in total. The summed E-state index contributed by atoms with van der Waals surface area (Å²) in [5.41, 5.74) is 1.75. The van der Waals surface area contributed by atoms with Crippen molar-refractivity contribution in [3.63, 3.8) is 0 Å². The molecule has 0 bridgehead atoms. The van der Waals surface area contributed by atoms with E-state index in [-0.39, 0.29) is 17.3 Å². The molecule has 1 amide bonds. The van der Waals surface area contributed by atoms with Gasteiger partial charge >= 0.3 is 0 Å². The van der Waals surface area contributed by atoms with Crippen molar-refractivity contribution in [3.8, 4) is 5.75 Å². The topological polar surface area (TPSA) is 83.7 Å². The molecular formula is C17H12N2O4S2. The van der Waals surface area contributed by atoms with E-state index in [2.05, 4.69) is 0 Å². The second kappa shape index (κ2) is 6.66. The third kappa shape index (κ3) is 3.40. The number of nitro groups is 1. The lowest BCUT2D eigenvalue weighted by atomic mass is 10.1. The predicted molar refractivity (Wildman–Crippen MR) is 102 cm³/mol. The zero-order valence-corrected chi connectivity index (χ0v) is 14.6. The lowest BCUT2D eigenvalue weighted by molar-refractivity contribution is -0.384. The van der Waals surface area contributed by atoms with Crippen LogP contribution < -0.4 is 4.90 Å². The molecule has 8 heteroatoms. The highest BCUT2D eigenvalue weighted by atomic mass is 32.2. The fraction of sp³-hybridized carbons (Fsp3) is 0.0588. The van der Waals surface area contributed by atoms with Gasteiger partial charge in [-0.2, -0.15) is 0 Å². The summed E-state index contributed by atoms with van der Waals surface area (Å²) in [6.45, 7) is 1.69. The molecule has 1 fully saturated rings. The third-order valence-electron chi connectivity index (χ3n) is 3.59. The molecule has 1 saturated heterocycles. The Kier molecular flexibility index (Phi) is 4.56. The van der Waals surface area contributed by atoms with Gasteiger partial charge in [0.05, 0.1) is 15.5 Å². The lowest BCUT2D eigenvalue weighted by Gasteiger charge is -2.16. The number of carbonyl (C=O) groups is 1. The van der Waals surface area contributed by atoms with Gasteiger partial charge in [-0.05, 0) is 42.3 Å². The van der Waals surface area contributed by atoms with E-state index >= 15 is 0 Å². The molecular weight excluding hydrogens is 360 g/mol. The van der Waals surface area contributed by atoms with Crippen LogP contribution in [0.1, 0.15) is 11.1 Å².